The molecule has 2 aromatic heterocycles. The van der Waals surface area contributed by atoms with Gasteiger partial charge in [0.1, 0.15) is 30.3 Å². The lowest BCUT2D eigenvalue weighted by molar-refractivity contribution is 0.837. The first-order valence-corrected chi connectivity index (χ1v) is 5.22. The predicted molar refractivity (Wildman–Crippen MR) is 67.6 cm³/mol. The van der Waals surface area contributed by atoms with Gasteiger partial charge in [-0.25, -0.2) is 24.6 Å². The summed E-state index contributed by atoms with van der Waals surface area (Å²) in [4.78, 5) is 17.2. The van der Waals surface area contributed by atoms with Crippen molar-refractivity contribution in [1.29, 1.82) is 5.41 Å². The zero-order chi connectivity index (χ0) is 13.0. The molecule has 0 spiro atoms. The number of rotatable bonds is 4. The molecular weight excluding hydrogens is 256 g/mol. The van der Waals surface area contributed by atoms with Crippen LogP contribution in [0.4, 0.5) is 5.82 Å². The van der Waals surface area contributed by atoms with E-state index in [-0.39, 0.29) is 0 Å². The van der Waals surface area contributed by atoms with Gasteiger partial charge in [-0.15, -0.1) is 0 Å². The van der Waals surface area contributed by atoms with Gasteiger partial charge in [0.2, 0.25) is 0 Å². The van der Waals surface area contributed by atoms with Crippen LogP contribution in [0.3, 0.4) is 0 Å². The monoisotopic (exact) mass is 264 g/mol. The van der Waals surface area contributed by atoms with Crippen molar-refractivity contribution in [3.63, 3.8) is 0 Å². The summed E-state index contributed by atoms with van der Waals surface area (Å²) in [6.45, 7) is 0. The Bertz CT molecular complexity index is 564. The molecule has 0 aliphatic carbocycles. The van der Waals surface area contributed by atoms with Crippen molar-refractivity contribution < 1.29 is 0 Å². The first kappa shape index (κ1) is 12.1. The molecule has 0 fully saturated rings. The zero-order valence-corrected chi connectivity index (χ0v) is 10.2. The van der Waals surface area contributed by atoms with Crippen molar-refractivity contribution in [2.24, 2.45) is 4.99 Å². The van der Waals surface area contributed by atoms with Crippen molar-refractivity contribution in [2.45, 2.75) is 0 Å². The minimum absolute atomic E-state index is 0.321. The fourth-order valence-electron chi connectivity index (χ4n) is 1.26. The molecule has 0 aromatic carbocycles. The molecule has 0 radical (unpaired) electrons. The lowest BCUT2D eigenvalue weighted by Crippen LogP contribution is -2.17. The van der Waals surface area contributed by atoms with Gasteiger partial charge in [-0.2, -0.15) is 5.10 Å². The van der Waals surface area contributed by atoms with Gasteiger partial charge in [-0.05, 0) is 0 Å². The van der Waals surface area contributed by atoms with Crippen LogP contribution in [-0.2, 0) is 0 Å². The molecule has 0 unspecified atom stereocenters. The first-order chi connectivity index (χ1) is 8.74. The maximum atomic E-state index is 6.83. The van der Waals surface area contributed by atoms with E-state index in [0.717, 1.165) is 6.34 Å². The quantitative estimate of drug-likeness (QED) is 0.650. The molecule has 2 rings (SSSR count). The van der Waals surface area contributed by atoms with Crippen molar-refractivity contribution in [3.8, 4) is 5.82 Å². The van der Waals surface area contributed by atoms with Crippen LogP contribution in [0.5, 0.6) is 0 Å². The fraction of sp³-hybridized carbons (Fsp3) is 0.111. The highest BCUT2D eigenvalue weighted by Gasteiger charge is 2.13. The summed E-state index contributed by atoms with van der Waals surface area (Å²) in [5, 5.41) is 11.1. The van der Waals surface area contributed by atoms with Gasteiger partial charge in [-0.3, -0.25) is 5.41 Å². The summed E-state index contributed by atoms with van der Waals surface area (Å²) >= 11 is 6.20. The van der Waals surface area contributed by atoms with Crippen LogP contribution in [0.1, 0.15) is 0 Å². The Morgan fingerprint density at radius 1 is 1.44 bits per heavy atom. The van der Waals surface area contributed by atoms with E-state index in [9.17, 15) is 0 Å². The van der Waals surface area contributed by atoms with E-state index in [1.807, 2.05) is 0 Å². The Kier molecular flexibility index (Phi) is 3.58. The van der Waals surface area contributed by atoms with E-state index < -0.39 is 0 Å². The summed E-state index contributed by atoms with van der Waals surface area (Å²) in [7, 11) is 1.71. The lowest BCUT2D eigenvalue weighted by atomic mass is 10.5. The number of nitrogens with one attached hydrogen (secondary N) is 1. The van der Waals surface area contributed by atoms with Crippen LogP contribution in [0.25, 0.3) is 5.82 Å². The summed E-state index contributed by atoms with van der Waals surface area (Å²) in [6.07, 6.45) is 6.59. The van der Waals surface area contributed by atoms with Crippen LogP contribution in [-0.4, -0.2) is 44.5 Å². The average molecular weight is 265 g/mol. The van der Waals surface area contributed by atoms with E-state index in [1.54, 1.807) is 11.9 Å². The van der Waals surface area contributed by atoms with E-state index in [1.165, 1.54) is 30.0 Å². The molecular formula is C9H9ClN8. The molecule has 8 nitrogen and oxygen atoms in total. The molecule has 92 valence electrons. The van der Waals surface area contributed by atoms with Crippen LogP contribution in [0.15, 0.2) is 24.0 Å². The maximum absolute atomic E-state index is 6.83. The molecule has 9 heteroatoms. The van der Waals surface area contributed by atoms with Crippen molar-refractivity contribution in [3.05, 3.63) is 24.0 Å². The van der Waals surface area contributed by atoms with Gasteiger partial charge < -0.3 is 4.90 Å². The minimum Gasteiger partial charge on any atom is -0.319 e. The molecule has 0 saturated carbocycles. The number of anilines is 1. The number of aromatic nitrogens is 5. The topological polar surface area (TPSA) is 95.9 Å². The molecule has 2 aromatic rings. The summed E-state index contributed by atoms with van der Waals surface area (Å²) in [6, 6.07) is 0. The van der Waals surface area contributed by atoms with E-state index >= 15 is 0 Å². The minimum atomic E-state index is 0.321. The number of hydrogen-bond acceptors (Lipinski definition) is 5. The van der Waals surface area contributed by atoms with Gasteiger partial charge in [0, 0.05) is 7.05 Å². The molecule has 0 aliphatic rings. The number of nitrogens with zero attached hydrogens (tertiary/aromatic N) is 7. The van der Waals surface area contributed by atoms with E-state index in [0.29, 0.717) is 16.7 Å². The molecule has 0 saturated heterocycles. The lowest BCUT2D eigenvalue weighted by Gasteiger charge is -2.14. The Labute approximate surface area is 107 Å². The molecule has 0 atom stereocenters. The van der Waals surface area contributed by atoms with Crippen LogP contribution in [0, 0.1) is 5.41 Å². The Hall–Kier alpha value is -2.35. The van der Waals surface area contributed by atoms with Gasteiger partial charge in [-0.1, -0.05) is 11.6 Å². The second kappa shape index (κ2) is 5.32. The number of aliphatic imine (C=N–C) groups is 1. The third-order valence-corrected chi connectivity index (χ3v) is 2.37. The van der Waals surface area contributed by atoms with Crippen LogP contribution >= 0.6 is 11.6 Å². The van der Waals surface area contributed by atoms with Gasteiger partial charge in [0.15, 0.2) is 11.6 Å². The largest absolute Gasteiger partial charge is 0.319 e. The van der Waals surface area contributed by atoms with Crippen LogP contribution in [0.2, 0.25) is 5.02 Å². The Morgan fingerprint density at radius 2 is 2.28 bits per heavy atom. The second-order valence-electron chi connectivity index (χ2n) is 3.18. The average Bonchev–Trinajstić information content (AvgIpc) is 2.90. The third kappa shape index (κ3) is 2.33. The highest BCUT2D eigenvalue weighted by molar-refractivity contribution is 6.34. The summed E-state index contributed by atoms with van der Waals surface area (Å²) < 4.78 is 1.44. The van der Waals surface area contributed by atoms with Crippen LogP contribution < -0.4 is 4.90 Å². The Morgan fingerprint density at radius 3 is 2.94 bits per heavy atom. The molecule has 18 heavy (non-hydrogen) atoms. The fourth-order valence-corrected chi connectivity index (χ4v) is 1.58. The number of halogens is 1. The number of hydrogen-bond donors (Lipinski definition) is 1. The van der Waals surface area contributed by atoms with Gasteiger partial charge in [0.25, 0.3) is 0 Å². The predicted octanol–water partition coefficient (Wildman–Crippen LogP) is 0.782. The molecule has 2 heterocycles. The van der Waals surface area contributed by atoms with E-state index in [2.05, 4.69) is 25.0 Å². The van der Waals surface area contributed by atoms with Crippen molar-refractivity contribution >= 4 is 30.1 Å². The Balaban J connectivity index is 2.42. The van der Waals surface area contributed by atoms with Gasteiger partial charge >= 0.3 is 0 Å². The third-order valence-electron chi connectivity index (χ3n) is 2.04. The SMILES string of the molecule is CN(/C=N\C=N)c1ncnc(-n2cncn2)c1Cl. The highest BCUT2D eigenvalue weighted by Crippen LogP contribution is 2.25. The molecule has 0 amide bonds. The highest BCUT2D eigenvalue weighted by atomic mass is 35.5. The zero-order valence-electron chi connectivity index (χ0n) is 9.40. The molecule has 0 bridgehead atoms. The summed E-state index contributed by atoms with van der Waals surface area (Å²) in [5.74, 6) is 0.886. The second-order valence-corrected chi connectivity index (χ2v) is 3.56. The first-order valence-electron chi connectivity index (χ1n) is 4.84. The standard InChI is InChI=1S/C9H9ClN8/c1-17(5-12-2-11)8-7(10)9(15-4-14-8)18-6-13-3-16-18/h2-6,11H,1H3/b11-2?,12-5-. The van der Waals surface area contributed by atoms with E-state index in [4.69, 9.17) is 17.0 Å². The summed E-state index contributed by atoms with van der Waals surface area (Å²) in [5.41, 5.74) is 0. The maximum Gasteiger partial charge on any atom is 0.179 e. The molecule has 1 N–H and O–H groups in total. The molecule has 0 aliphatic heterocycles. The van der Waals surface area contributed by atoms with Crippen molar-refractivity contribution in [1.82, 2.24) is 24.7 Å². The van der Waals surface area contributed by atoms with Crippen molar-refractivity contribution in [2.75, 3.05) is 11.9 Å². The normalized spacial score (nSPS) is 10.8. The smallest absolute Gasteiger partial charge is 0.179 e. The van der Waals surface area contributed by atoms with Gasteiger partial charge in [0.05, 0.1) is 6.34 Å².